The van der Waals surface area contributed by atoms with E-state index in [4.69, 9.17) is 9.47 Å². The molecule has 9 heteroatoms. The molecule has 1 heterocycles. The van der Waals surface area contributed by atoms with E-state index in [9.17, 15) is 9.59 Å². The standard InChI is InChI=1S/C20H39N5O4/c1-9-24(18(27)29-20(5,6)7)13-11-22-16(21-8)25-12-10-15(14-25)23-17(26)28-19(2,3)4/h15H,9-14H2,1-8H3,(H,21,22)(H,23,26). The molecule has 1 fully saturated rings. The topological polar surface area (TPSA) is 95.5 Å². The van der Waals surface area contributed by atoms with Gasteiger partial charge >= 0.3 is 12.2 Å². The maximum absolute atomic E-state index is 12.2. The molecule has 168 valence electrons. The Morgan fingerprint density at radius 3 is 2.28 bits per heavy atom. The summed E-state index contributed by atoms with van der Waals surface area (Å²) in [6.45, 7) is 16.1. The van der Waals surface area contributed by atoms with Gasteiger partial charge in [-0.05, 0) is 54.9 Å². The largest absolute Gasteiger partial charge is 0.444 e. The Bertz CT molecular complexity index is 580. The van der Waals surface area contributed by atoms with Crippen molar-refractivity contribution in [2.45, 2.75) is 72.1 Å². The van der Waals surface area contributed by atoms with Crippen molar-refractivity contribution in [2.24, 2.45) is 4.99 Å². The van der Waals surface area contributed by atoms with E-state index < -0.39 is 17.3 Å². The lowest BCUT2D eigenvalue weighted by Crippen LogP contribution is -2.46. The number of guanidine groups is 1. The van der Waals surface area contributed by atoms with Crippen molar-refractivity contribution in [1.29, 1.82) is 0 Å². The number of hydrogen-bond donors (Lipinski definition) is 2. The summed E-state index contributed by atoms with van der Waals surface area (Å²) in [5.41, 5.74) is -1.03. The highest BCUT2D eigenvalue weighted by Crippen LogP contribution is 2.12. The van der Waals surface area contributed by atoms with Crippen LogP contribution in [0.4, 0.5) is 9.59 Å². The minimum atomic E-state index is -0.515. The van der Waals surface area contributed by atoms with Crippen LogP contribution in [0.5, 0.6) is 0 Å². The average molecular weight is 414 g/mol. The summed E-state index contributed by atoms with van der Waals surface area (Å²) in [5.74, 6) is 0.749. The molecule has 1 atom stereocenters. The quantitative estimate of drug-likeness (QED) is 0.531. The molecule has 0 aromatic rings. The molecule has 0 aliphatic carbocycles. The molecule has 0 aromatic heterocycles. The number of alkyl carbamates (subject to hydrolysis) is 1. The second-order valence-electron chi connectivity index (χ2n) is 9.11. The number of carbonyl (C=O) groups excluding carboxylic acids is 2. The normalized spacial score (nSPS) is 17.7. The van der Waals surface area contributed by atoms with Crippen LogP contribution in [0, 0.1) is 0 Å². The number of nitrogens with one attached hydrogen (secondary N) is 2. The molecule has 0 aromatic carbocycles. The number of ether oxygens (including phenoxy) is 2. The molecular weight excluding hydrogens is 374 g/mol. The summed E-state index contributed by atoms with van der Waals surface area (Å²) in [6, 6.07) is 0.0114. The zero-order valence-corrected chi connectivity index (χ0v) is 19.3. The van der Waals surface area contributed by atoms with Gasteiger partial charge in [-0.3, -0.25) is 4.99 Å². The SMILES string of the molecule is CCN(CCNC(=NC)N1CCC(NC(=O)OC(C)(C)C)C1)C(=O)OC(C)(C)C. The molecule has 1 saturated heterocycles. The molecule has 2 amide bonds. The van der Waals surface area contributed by atoms with Gasteiger partial charge in [0, 0.05) is 39.8 Å². The summed E-state index contributed by atoms with van der Waals surface area (Å²) < 4.78 is 10.7. The number of rotatable bonds is 5. The van der Waals surface area contributed by atoms with Gasteiger partial charge in [0.2, 0.25) is 0 Å². The lowest BCUT2D eigenvalue weighted by Gasteiger charge is -2.27. The molecule has 29 heavy (non-hydrogen) atoms. The number of likely N-dealkylation sites (N-methyl/N-ethyl adjacent to an activating group) is 1. The zero-order valence-electron chi connectivity index (χ0n) is 19.3. The molecule has 2 N–H and O–H groups in total. The van der Waals surface area contributed by atoms with E-state index in [0.29, 0.717) is 26.2 Å². The monoisotopic (exact) mass is 413 g/mol. The van der Waals surface area contributed by atoms with Crippen LogP contribution in [-0.4, -0.2) is 85.0 Å². The van der Waals surface area contributed by atoms with Crippen molar-refractivity contribution in [3.8, 4) is 0 Å². The Hall–Kier alpha value is -2.19. The summed E-state index contributed by atoms with van der Waals surface area (Å²) in [7, 11) is 1.72. The van der Waals surface area contributed by atoms with Gasteiger partial charge in [0.1, 0.15) is 11.2 Å². The van der Waals surface area contributed by atoms with Gasteiger partial charge in [-0.15, -0.1) is 0 Å². The first-order chi connectivity index (χ1) is 13.3. The Balaban J connectivity index is 2.46. The third-order valence-electron chi connectivity index (χ3n) is 4.12. The first kappa shape index (κ1) is 24.8. The highest BCUT2D eigenvalue weighted by Gasteiger charge is 2.28. The van der Waals surface area contributed by atoms with Gasteiger partial charge in [0.05, 0.1) is 6.04 Å². The minimum absolute atomic E-state index is 0.0114. The van der Waals surface area contributed by atoms with Gasteiger partial charge in [-0.1, -0.05) is 0 Å². The van der Waals surface area contributed by atoms with Crippen LogP contribution in [0.15, 0.2) is 4.99 Å². The molecule has 0 bridgehead atoms. The molecule has 1 aliphatic heterocycles. The summed E-state index contributed by atoms with van der Waals surface area (Å²) in [5, 5.41) is 6.20. The fourth-order valence-electron chi connectivity index (χ4n) is 2.88. The van der Waals surface area contributed by atoms with E-state index in [0.717, 1.165) is 18.9 Å². The molecule has 0 radical (unpaired) electrons. The Labute approximate surface area is 175 Å². The summed E-state index contributed by atoms with van der Waals surface area (Å²) in [4.78, 5) is 32.2. The van der Waals surface area contributed by atoms with Crippen LogP contribution in [-0.2, 0) is 9.47 Å². The van der Waals surface area contributed by atoms with Gasteiger partial charge in [0.15, 0.2) is 5.96 Å². The van der Waals surface area contributed by atoms with Crippen molar-refractivity contribution < 1.29 is 19.1 Å². The fraction of sp³-hybridized carbons (Fsp3) is 0.850. The van der Waals surface area contributed by atoms with Crippen LogP contribution in [0.3, 0.4) is 0 Å². The van der Waals surface area contributed by atoms with E-state index in [-0.39, 0.29) is 12.1 Å². The smallest absolute Gasteiger partial charge is 0.410 e. The van der Waals surface area contributed by atoms with Crippen molar-refractivity contribution in [1.82, 2.24) is 20.4 Å². The zero-order chi connectivity index (χ0) is 22.2. The van der Waals surface area contributed by atoms with E-state index in [2.05, 4.69) is 20.5 Å². The first-order valence-corrected chi connectivity index (χ1v) is 10.3. The predicted molar refractivity (Wildman–Crippen MR) is 114 cm³/mol. The van der Waals surface area contributed by atoms with E-state index >= 15 is 0 Å². The molecule has 0 saturated carbocycles. The molecule has 9 nitrogen and oxygen atoms in total. The van der Waals surface area contributed by atoms with Gasteiger partial charge < -0.3 is 29.9 Å². The third kappa shape index (κ3) is 9.71. The lowest BCUT2D eigenvalue weighted by atomic mass is 10.2. The summed E-state index contributed by atoms with van der Waals surface area (Å²) >= 11 is 0. The Kier molecular flexibility index (Phi) is 9.04. The maximum atomic E-state index is 12.2. The van der Waals surface area contributed by atoms with Crippen LogP contribution in [0.1, 0.15) is 54.9 Å². The van der Waals surface area contributed by atoms with Crippen LogP contribution >= 0.6 is 0 Å². The van der Waals surface area contributed by atoms with Crippen molar-refractivity contribution >= 4 is 18.1 Å². The van der Waals surface area contributed by atoms with Crippen LogP contribution in [0.2, 0.25) is 0 Å². The van der Waals surface area contributed by atoms with Crippen LogP contribution in [0.25, 0.3) is 0 Å². The second-order valence-corrected chi connectivity index (χ2v) is 9.11. The Morgan fingerprint density at radius 1 is 1.14 bits per heavy atom. The summed E-state index contributed by atoms with van der Waals surface area (Å²) in [6.07, 6.45) is 0.0988. The number of amides is 2. The average Bonchev–Trinajstić information content (AvgIpc) is 2.99. The van der Waals surface area contributed by atoms with Gasteiger partial charge in [0.25, 0.3) is 0 Å². The Morgan fingerprint density at radius 2 is 1.76 bits per heavy atom. The third-order valence-corrected chi connectivity index (χ3v) is 4.12. The highest BCUT2D eigenvalue weighted by atomic mass is 16.6. The molecule has 1 aliphatic rings. The number of carbonyl (C=O) groups is 2. The lowest BCUT2D eigenvalue weighted by molar-refractivity contribution is 0.0263. The molecular formula is C20H39N5O4. The van der Waals surface area contributed by atoms with Gasteiger partial charge in [-0.2, -0.15) is 0 Å². The number of hydrogen-bond acceptors (Lipinski definition) is 5. The predicted octanol–water partition coefficient (Wildman–Crippen LogP) is 2.42. The molecule has 1 rings (SSSR count). The van der Waals surface area contributed by atoms with Crippen molar-refractivity contribution in [3.05, 3.63) is 0 Å². The molecule has 0 spiro atoms. The first-order valence-electron chi connectivity index (χ1n) is 10.3. The van der Waals surface area contributed by atoms with Crippen molar-refractivity contribution in [2.75, 3.05) is 39.8 Å². The van der Waals surface area contributed by atoms with E-state index in [1.54, 1.807) is 11.9 Å². The number of aliphatic imine (C=N–C) groups is 1. The minimum Gasteiger partial charge on any atom is -0.444 e. The van der Waals surface area contributed by atoms with Gasteiger partial charge in [-0.25, -0.2) is 9.59 Å². The van der Waals surface area contributed by atoms with Crippen LogP contribution < -0.4 is 10.6 Å². The van der Waals surface area contributed by atoms with E-state index in [1.807, 2.05) is 48.5 Å². The molecule has 1 unspecified atom stereocenters. The highest BCUT2D eigenvalue weighted by molar-refractivity contribution is 5.80. The maximum Gasteiger partial charge on any atom is 0.410 e. The van der Waals surface area contributed by atoms with E-state index in [1.165, 1.54) is 0 Å². The second kappa shape index (κ2) is 10.5. The fourth-order valence-corrected chi connectivity index (χ4v) is 2.88. The number of likely N-dealkylation sites (tertiary alicyclic amines) is 1. The number of nitrogens with zero attached hydrogens (tertiary/aromatic N) is 3. The van der Waals surface area contributed by atoms with Crippen molar-refractivity contribution in [3.63, 3.8) is 0 Å².